The Morgan fingerprint density at radius 2 is 1.50 bits per heavy atom. The molecule has 0 N–H and O–H groups in total. The number of carbonyl (C=O) groups excluding carboxylic acids is 2. The van der Waals surface area contributed by atoms with Gasteiger partial charge in [-0.3, -0.25) is 9.69 Å². The average Bonchev–Trinajstić information content (AvgIpc) is 2.81. The zero-order chi connectivity index (χ0) is 17.1. The van der Waals surface area contributed by atoms with Crippen LogP contribution < -0.4 is 0 Å². The van der Waals surface area contributed by atoms with E-state index in [-0.39, 0.29) is 17.9 Å². The van der Waals surface area contributed by atoms with Gasteiger partial charge in [-0.05, 0) is 17.0 Å². The van der Waals surface area contributed by atoms with E-state index in [1.807, 2.05) is 74.5 Å². The summed E-state index contributed by atoms with van der Waals surface area (Å²) in [6, 6.07) is 18.6. The van der Waals surface area contributed by atoms with Crippen molar-refractivity contribution >= 4 is 11.9 Å². The molecule has 3 amide bonds. The zero-order valence-electron chi connectivity index (χ0n) is 14.1. The number of carbonyl (C=O) groups is 2. The third-order valence-corrected chi connectivity index (χ3v) is 4.15. The molecule has 2 aromatic carbocycles. The minimum Gasteiger partial charge on any atom is -0.304 e. The second-order valence-corrected chi connectivity index (χ2v) is 6.55. The number of amides is 3. The maximum atomic E-state index is 12.9. The SMILES string of the molecule is CC(C)CN1C(=O)C(c2ccccc2)N(Cc2ccccc2)C1=O. The molecule has 1 atom stereocenters. The smallest absolute Gasteiger partial charge is 0.304 e. The van der Waals surface area contributed by atoms with Crippen LogP contribution >= 0.6 is 0 Å². The minimum atomic E-state index is -0.544. The van der Waals surface area contributed by atoms with Crippen molar-refractivity contribution in [1.82, 2.24) is 9.80 Å². The third kappa shape index (κ3) is 3.18. The number of hydrogen-bond acceptors (Lipinski definition) is 2. The maximum absolute atomic E-state index is 12.9. The minimum absolute atomic E-state index is 0.129. The van der Waals surface area contributed by atoms with Gasteiger partial charge in [-0.2, -0.15) is 0 Å². The highest BCUT2D eigenvalue weighted by Crippen LogP contribution is 2.32. The van der Waals surface area contributed by atoms with Crippen molar-refractivity contribution in [2.75, 3.05) is 6.54 Å². The highest BCUT2D eigenvalue weighted by Gasteiger charge is 2.45. The van der Waals surface area contributed by atoms with E-state index in [1.54, 1.807) is 4.90 Å². The van der Waals surface area contributed by atoms with Crippen LogP contribution in [0.2, 0.25) is 0 Å². The number of urea groups is 1. The van der Waals surface area contributed by atoms with E-state index in [1.165, 1.54) is 4.90 Å². The van der Waals surface area contributed by atoms with Crippen LogP contribution in [0.1, 0.15) is 31.0 Å². The van der Waals surface area contributed by atoms with Gasteiger partial charge in [0.2, 0.25) is 0 Å². The highest BCUT2D eigenvalue weighted by atomic mass is 16.2. The Kier molecular flexibility index (Phi) is 4.65. The lowest BCUT2D eigenvalue weighted by atomic mass is 10.0. The van der Waals surface area contributed by atoms with Crippen LogP contribution in [0.3, 0.4) is 0 Å². The zero-order valence-corrected chi connectivity index (χ0v) is 14.1. The summed E-state index contributed by atoms with van der Waals surface area (Å²) in [5.74, 6) is 0.113. The number of benzene rings is 2. The van der Waals surface area contributed by atoms with Crippen molar-refractivity contribution in [3.63, 3.8) is 0 Å². The predicted molar refractivity (Wildman–Crippen MR) is 93.1 cm³/mol. The van der Waals surface area contributed by atoms with Crippen LogP contribution in [0.4, 0.5) is 4.79 Å². The fourth-order valence-corrected chi connectivity index (χ4v) is 3.07. The van der Waals surface area contributed by atoms with Crippen molar-refractivity contribution in [2.45, 2.75) is 26.4 Å². The molecule has 3 rings (SSSR count). The quantitative estimate of drug-likeness (QED) is 0.785. The van der Waals surface area contributed by atoms with E-state index < -0.39 is 6.04 Å². The molecule has 4 heteroatoms. The summed E-state index contributed by atoms with van der Waals surface area (Å²) in [6.07, 6.45) is 0. The lowest BCUT2D eigenvalue weighted by Gasteiger charge is -2.22. The van der Waals surface area contributed by atoms with Gasteiger partial charge in [0.15, 0.2) is 0 Å². The monoisotopic (exact) mass is 322 g/mol. The molecule has 1 heterocycles. The summed E-state index contributed by atoms with van der Waals surface area (Å²) in [6.45, 7) is 4.90. The maximum Gasteiger partial charge on any atom is 0.328 e. The number of imide groups is 1. The molecule has 4 nitrogen and oxygen atoms in total. The summed E-state index contributed by atoms with van der Waals surface area (Å²) in [4.78, 5) is 28.9. The van der Waals surface area contributed by atoms with Crippen molar-refractivity contribution in [2.24, 2.45) is 5.92 Å². The van der Waals surface area contributed by atoms with Gasteiger partial charge in [-0.15, -0.1) is 0 Å². The molecule has 1 saturated heterocycles. The lowest BCUT2D eigenvalue weighted by molar-refractivity contribution is -0.128. The normalized spacial score (nSPS) is 17.9. The Bertz CT molecular complexity index is 713. The molecule has 24 heavy (non-hydrogen) atoms. The average molecular weight is 322 g/mol. The van der Waals surface area contributed by atoms with Crippen LogP contribution in [-0.4, -0.2) is 28.3 Å². The second-order valence-electron chi connectivity index (χ2n) is 6.55. The highest BCUT2D eigenvalue weighted by molar-refractivity contribution is 6.04. The molecule has 124 valence electrons. The molecule has 0 bridgehead atoms. The van der Waals surface area contributed by atoms with Crippen molar-refractivity contribution in [3.8, 4) is 0 Å². The van der Waals surface area contributed by atoms with E-state index in [0.29, 0.717) is 13.1 Å². The second kappa shape index (κ2) is 6.87. The van der Waals surface area contributed by atoms with Crippen LogP contribution in [-0.2, 0) is 11.3 Å². The van der Waals surface area contributed by atoms with E-state index in [4.69, 9.17) is 0 Å². The fourth-order valence-electron chi connectivity index (χ4n) is 3.07. The van der Waals surface area contributed by atoms with E-state index in [0.717, 1.165) is 11.1 Å². The van der Waals surface area contributed by atoms with Crippen LogP contribution in [0, 0.1) is 5.92 Å². The molecule has 2 aromatic rings. The first-order chi connectivity index (χ1) is 11.6. The predicted octanol–water partition coefficient (Wildman–Crippen LogP) is 3.85. The van der Waals surface area contributed by atoms with Gasteiger partial charge < -0.3 is 4.90 Å². The molecular weight excluding hydrogens is 300 g/mol. The van der Waals surface area contributed by atoms with Gasteiger partial charge in [-0.25, -0.2) is 4.79 Å². The van der Waals surface area contributed by atoms with Crippen LogP contribution in [0.25, 0.3) is 0 Å². The molecular formula is C20H22N2O2. The number of hydrogen-bond donors (Lipinski definition) is 0. The molecule has 0 aromatic heterocycles. The van der Waals surface area contributed by atoms with Crippen molar-refractivity contribution in [3.05, 3.63) is 71.8 Å². The summed E-state index contributed by atoms with van der Waals surface area (Å²) in [7, 11) is 0. The van der Waals surface area contributed by atoms with Gasteiger partial charge in [0, 0.05) is 13.1 Å². The number of rotatable bonds is 5. The Hall–Kier alpha value is -2.62. The molecule has 1 aliphatic rings. The Balaban J connectivity index is 1.95. The molecule has 0 saturated carbocycles. The summed E-state index contributed by atoms with van der Waals surface area (Å²) in [5, 5.41) is 0. The fraction of sp³-hybridized carbons (Fsp3) is 0.300. The van der Waals surface area contributed by atoms with Gasteiger partial charge in [-0.1, -0.05) is 74.5 Å². The Morgan fingerprint density at radius 1 is 0.917 bits per heavy atom. The first-order valence-corrected chi connectivity index (χ1v) is 8.28. The van der Waals surface area contributed by atoms with Gasteiger partial charge >= 0.3 is 6.03 Å². The third-order valence-electron chi connectivity index (χ3n) is 4.15. The standard InChI is InChI=1S/C20H22N2O2/c1-15(2)13-22-19(23)18(17-11-7-4-8-12-17)21(20(22)24)14-16-9-5-3-6-10-16/h3-12,15,18H,13-14H2,1-2H3. The largest absolute Gasteiger partial charge is 0.328 e. The van der Waals surface area contributed by atoms with Crippen molar-refractivity contribution in [1.29, 1.82) is 0 Å². The van der Waals surface area contributed by atoms with Gasteiger partial charge in [0.25, 0.3) is 5.91 Å². The summed E-state index contributed by atoms with van der Waals surface area (Å²) >= 11 is 0. The molecule has 1 unspecified atom stereocenters. The molecule has 0 spiro atoms. The Morgan fingerprint density at radius 3 is 2.08 bits per heavy atom. The van der Waals surface area contributed by atoms with Gasteiger partial charge in [0.05, 0.1) is 0 Å². The summed E-state index contributed by atoms with van der Waals surface area (Å²) < 4.78 is 0. The first-order valence-electron chi connectivity index (χ1n) is 8.28. The lowest BCUT2D eigenvalue weighted by Crippen LogP contribution is -2.35. The van der Waals surface area contributed by atoms with E-state index >= 15 is 0 Å². The van der Waals surface area contributed by atoms with E-state index in [9.17, 15) is 9.59 Å². The van der Waals surface area contributed by atoms with Crippen LogP contribution in [0.15, 0.2) is 60.7 Å². The van der Waals surface area contributed by atoms with Crippen LogP contribution in [0.5, 0.6) is 0 Å². The molecule has 0 radical (unpaired) electrons. The van der Waals surface area contributed by atoms with Gasteiger partial charge in [0.1, 0.15) is 6.04 Å². The van der Waals surface area contributed by atoms with Crippen molar-refractivity contribution < 1.29 is 9.59 Å². The molecule has 1 aliphatic heterocycles. The Labute approximate surface area is 142 Å². The molecule has 1 fully saturated rings. The van der Waals surface area contributed by atoms with E-state index in [2.05, 4.69) is 0 Å². The summed E-state index contributed by atoms with van der Waals surface area (Å²) in [5.41, 5.74) is 1.88. The topological polar surface area (TPSA) is 40.6 Å². The first kappa shape index (κ1) is 16.2. The number of nitrogens with zero attached hydrogens (tertiary/aromatic N) is 2. The molecule has 0 aliphatic carbocycles.